The van der Waals surface area contributed by atoms with E-state index < -0.39 is 41.5 Å². The summed E-state index contributed by atoms with van der Waals surface area (Å²) in [6, 6.07) is 12.6. The Morgan fingerprint density at radius 3 is 1.86 bits per heavy atom. The van der Waals surface area contributed by atoms with Gasteiger partial charge < -0.3 is 24.8 Å². The first kappa shape index (κ1) is 34.9. The Kier molecular flexibility index (Phi) is 12.7. The van der Waals surface area contributed by atoms with Crippen LogP contribution in [0.25, 0.3) is 21.5 Å². The summed E-state index contributed by atoms with van der Waals surface area (Å²) in [7, 11) is -9.89. The van der Waals surface area contributed by atoms with E-state index in [1.54, 1.807) is 0 Å². The Balaban J connectivity index is 0.00000306. The van der Waals surface area contributed by atoms with Crippen LogP contribution in [0.4, 0.5) is 11.4 Å². The molecule has 4 rings (SSSR count). The Bertz CT molecular complexity index is 1670. The minimum atomic E-state index is -4.95. The van der Waals surface area contributed by atoms with Gasteiger partial charge in [0.1, 0.15) is 20.2 Å². The molecule has 16 heteroatoms. The summed E-state index contributed by atoms with van der Waals surface area (Å²) in [6.45, 7) is 0. The summed E-state index contributed by atoms with van der Waals surface area (Å²) < 4.78 is 69.1. The zero-order valence-corrected chi connectivity index (χ0v) is 25.5. The normalized spacial score (nSPS) is 11.3. The SMILES string of the molecule is O=S(=O)([O-])c1cc([O-])c(N=Nc2ccc3cccc(S(=O)(=O)[O-])c3c2[O-])c2ccccc12.[Cr+3].[Na+].[Na+].[OH-]. The van der Waals surface area contributed by atoms with E-state index in [0.717, 1.165) is 6.07 Å². The standard InChI is InChI=1S/C20H14N2O8S2.Cr.2Na.H2O/c23-15-10-17(32(28,29)30)12-5-1-2-6-13(12)19(15)22-21-14-9-8-11-4-3-7-16(31(25,26)27)18(11)20(14)24;;;;/h1-10,23-24H,(H,25,26,27)(H,28,29,30);;;;1H2/q;+3;2*+1;/p-5. The van der Waals surface area contributed by atoms with Crippen LogP contribution in [0.5, 0.6) is 11.5 Å². The number of rotatable bonds is 4. The van der Waals surface area contributed by atoms with E-state index >= 15 is 0 Å². The molecule has 0 aliphatic rings. The second kappa shape index (κ2) is 13.1. The largest absolute Gasteiger partial charge is 3.00 e. The predicted molar refractivity (Wildman–Crippen MR) is 109 cm³/mol. The summed E-state index contributed by atoms with van der Waals surface area (Å²) in [5.74, 6) is -1.81. The Hall–Kier alpha value is -1.09. The van der Waals surface area contributed by atoms with Crippen LogP contribution in [0.2, 0.25) is 0 Å². The summed E-state index contributed by atoms with van der Waals surface area (Å²) in [6.07, 6.45) is 0. The average molecular weight is 585 g/mol. The van der Waals surface area contributed by atoms with Crippen LogP contribution in [-0.4, -0.2) is 31.4 Å². The molecule has 1 radical (unpaired) electrons. The first-order valence-electron chi connectivity index (χ1n) is 8.77. The van der Waals surface area contributed by atoms with Crippen molar-refractivity contribution in [3.8, 4) is 11.5 Å². The summed E-state index contributed by atoms with van der Waals surface area (Å²) in [5.41, 5.74) is -0.671. The third-order valence-electron chi connectivity index (χ3n) is 4.68. The van der Waals surface area contributed by atoms with Gasteiger partial charge in [0.2, 0.25) is 0 Å². The molecule has 4 aromatic rings. The number of fused-ring (bicyclic) bond motifs is 2. The summed E-state index contributed by atoms with van der Waals surface area (Å²) in [4.78, 5) is -1.42. The molecular weight excluding hydrogens is 574 g/mol. The molecule has 0 heterocycles. The number of hydrogen-bond acceptors (Lipinski definition) is 11. The van der Waals surface area contributed by atoms with Gasteiger partial charge in [-0.15, -0.1) is 0 Å². The van der Waals surface area contributed by atoms with Crippen LogP contribution in [0.3, 0.4) is 0 Å². The van der Waals surface area contributed by atoms with Gasteiger partial charge in [-0.2, -0.15) is 10.2 Å². The third-order valence-corrected chi connectivity index (χ3v) is 6.43. The van der Waals surface area contributed by atoms with Crippen LogP contribution in [0, 0.1) is 0 Å². The van der Waals surface area contributed by atoms with Crippen molar-refractivity contribution in [2.75, 3.05) is 0 Å². The van der Waals surface area contributed by atoms with Crippen LogP contribution in [0.15, 0.2) is 80.7 Å². The number of azo groups is 1. The van der Waals surface area contributed by atoms with Crippen molar-refractivity contribution in [1.29, 1.82) is 0 Å². The summed E-state index contributed by atoms with van der Waals surface area (Å²) >= 11 is 0. The molecule has 0 saturated heterocycles. The van der Waals surface area contributed by atoms with Gasteiger partial charge in [0, 0.05) is 10.8 Å². The molecule has 0 bridgehead atoms. The second-order valence-corrected chi connectivity index (χ2v) is 9.34. The molecule has 0 aromatic heterocycles. The second-order valence-electron chi connectivity index (χ2n) is 6.64. The molecular formula is C20H11CrN2Na2O9S2. The maximum atomic E-state index is 12.8. The van der Waals surface area contributed by atoms with E-state index in [-0.39, 0.29) is 115 Å². The van der Waals surface area contributed by atoms with E-state index in [1.807, 2.05) is 0 Å². The van der Waals surface area contributed by atoms with Gasteiger partial charge in [0.05, 0.1) is 21.2 Å². The van der Waals surface area contributed by atoms with Gasteiger partial charge in [-0.05, 0) is 29.0 Å². The predicted octanol–water partition coefficient (Wildman–Crippen LogP) is -3.81. The van der Waals surface area contributed by atoms with Crippen molar-refractivity contribution < 1.29 is 118 Å². The zero-order chi connectivity index (χ0) is 23.3. The quantitative estimate of drug-likeness (QED) is 0.130. The molecule has 0 atom stereocenters. The molecule has 0 amide bonds. The van der Waals surface area contributed by atoms with E-state index in [4.69, 9.17) is 0 Å². The first-order valence-corrected chi connectivity index (χ1v) is 11.6. The average Bonchev–Trinajstić information content (AvgIpc) is 2.72. The third kappa shape index (κ3) is 6.86. The van der Waals surface area contributed by atoms with Crippen molar-refractivity contribution in [3.63, 3.8) is 0 Å². The fourth-order valence-corrected chi connectivity index (χ4v) is 4.71. The summed E-state index contributed by atoms with van der Waals surface area (Å²) in [5, 5.41) is 32.6. The van der Waals surface area contributed by atoms with Crippen LogP contribution >= 0.6 is 0 Å². The zero-order valence-electron chi connectivity index (χ0n) is 18.6. The molecule has 0 fully saturated rings. The molecule has 4 aromatic carbocycles. The van der Waals surface area contributed by atoms with Crippen LogP contribution < -0.4 is 69.3 Å². The van der Waals surface area contributed by atoms with E-state index in [1.165, 1.54) is 48.5 Å². The van der Waals surface area contributed by atoms with Crippen molar-refractivity contribution in [3.05, 3.63) is 60.7 Å². The van der Waals surface area contributed by atoms with E-state index in [0.29, 0.717) is 6.07 Å². The van der Waals surface area contributed by atoms with Gasteiger partial charge in [-0.3, -0.25) is 0 Å². The molecule has 175 valence electrons. The van der Waals surface area contributed by atoms with Gasteiger partial charge in [-0.25, -0.2) is 16.8 Å². The molecule has 0 unspecified atom stereocenters. The van der Waals surface area contributed by atoms with Crippen LogP contribution in [0.1, 0.15) is 0 Å². The number of nitrogens with zero attached hydrogens (tertiary/aromatic N) is 2. The molecule has 36 heavy (non-hydrogen) atoms. The number of benzene rings is 4. The monoisotopic (exact) mass is 585 g/mol. The fraction of sp³-hybridized carbons (Fsp3) is 0. The first-order chi connectivity index (χ1) is 15.0. The van der Waals surface area contributed by atoms with Crippen molar-refractivity contribution in [1.82, 2.24) is 0 Å². The molecule has 0 spiro atoms. The Morgan fingerprint density at radius 2 is 1.28 bits per heavy atom. The van der Waals surface area contributed by atoms with Gasteiger partial charge >= 0.3 is 76.5 Å². The number of hydrogen-bond donors (Lipinski definition) is 0. The Morgan fingerprint density at radius 1 is 0.694 bits per heavy atom. The minimum Gasteiger partial charge on any atom is -0.871 e. The molecule has 11 nitrogen and oxygen atoms in total. The molecule has 0 saturated carbocycles. The van der Waals surface area contributed by atoms with E-state index in [9.17, 15) is 36.2 Å². The van der Waals surface area contributed by atoms with Gasteiger partial charge in [0.15, 0.2) is 0 Å². The minimum absolute atomic E-state index is 0. The maximum absolute atomic E-state index is 12.8. The molecule has 0 aliphatic carbocycles. The topological polar surface area (TPSA) is 215 Å². The van der Waals surface area contributed by atoms with Gasteiger partial charge in [-0.1, -0.05) is 54.0 Å². The van der Waals surface area contributed by atoms with Gasteiger partial charge in [0.25, 0.3) is 0 Å². The maximum Gasteiger partial charge on any atom is 3.00 e. The smallest absolute Gasteiger partial charge is 0.871 e. The van der Waals surface area contributed by atoms with E-state index in [2.05, 4.69) is 10.2 Å². The van der Waals surface area contributed by atoms with Crippen molar-refractivity contribution >= 4 is 53.2 Å². The molecule has 1 N–H and O–H groups in total. The Labute approximate surface area is 260 Å². The molecule has 0 aliphatic heterocycles. The van der Waals surface area contributed by atoms with Crippen molar-refractivity contribution in [2.45, 2.75) is 9.79 Å². The fourth-order valence-electron chi connectivity index (χ4n) is 3.31. The van der Waals surface area contributed by atoms with Crippen molar-refractivity contribution in [2.24, 2.45) is 10.2 Å². The van der Waals surface area contributed by atoms with Crippen LogP contribution in [-0.2, 0) is 37.6 Å².